The molecule has 6 heteroatoms. The molecule has 0 saturated heterocycles. The van der Waals surface area contributed by atoms with Crippen molar-refractivity contribution >= 4 is 11.9 Å². The van der Waals surface area contributed by atoms with Gasteiger partial charge in [-0.3, -0.25) is 4.79 Å². The first-order valence-electron chi connectivity index (χ1n) is 7.14. The van der Waals surface area contributed by atoms with E-state index in [0.717, 1.165) is 0 Å². The van der Waals surface area contributed by atoms with Crippen molar-refractivity contribution in [1.29, 1.82) is 0 Å². The second kappa shape index (κ2) is 7.49. The fourth-order valence-corrected chi connectivity index (χ4v) is 1.75. The van der Waals surface area contributed by atoms with Crippen molar-refractivity contribution in [1.82, 2.24) is 15.3 Å². The van der Waals surface area contributed by atoms with Crippen LogP contribution in [0.3, 0.4) is 0 Å². The van der Waals surface area contributed by atoms with Crippen LogP contribution < -0.4 is 10.6 Å². The molecule has 0 saturated carbocycles. The van der Waals surface area contributed by atoms with E-state index in [4.69, 9.17) is 0 Å². The van der Waals surface area contributed by atoms with Crippen LogP contribution in [-0.4, -0.2) is 22.4 Å². The molecule has 1 aromatic carbocycles. The Morgan fingerprint density at radius 2 is 1.91 bits per heavy atom. The van der Waals surface area contributed by atoms with Crippen molar-refractivity contribution in [2.45, 2.75) is 20.4 Å². The van der Waals surface area contributed by atoms with Crippen molar-refractivity contribution in [2.75, 3.05) is 11.9 Å². The Bertz CT molecular complexity index is 628. The van der Waals surface area contributed by atoms with Crippen LogP contribution in [0.5, 0.6) is 0 Å². The van der Waals surface area contributed by atoms with Crippen LogP contribution in [0.4, 0.5) is 10.3 Å². The maximum atomic E-state index is 13.5. The smallest absolute Gasteiger partial charge is 0.254 e. The Hall–Kier alpha value is -2.50. The molecule has 0 aliphatic rings. The first-order valence-corrected chi connectivity index (χ1v) is 7.14. The van der Waals surface area contributed by atoms with Gasteiger partial charge in [0.05, 0.1) is 5.56 Å². The number of rotatable bonds is 6. The highest BCUT2D eigenvalue weighted by Gasteiger charge is 2.08. The summed E-state index contributed by atoms with van der Waals surface area (Å²) in [7, 11) is 0. The van der Waals surface area contributed by atoms with Gasteiger partial charge >= 0.3 is 0 Å². The number of aromatic nitrogens is 2. The first kappa shape index (κ1) is 15.9. The number of nitrogens with one attached hydrogen (secondary N) is 2. The number of benzene rings is 1. The molecule has 0 fully saturated rings. The summed E-state index contributed by atoms with van der Waals surface area (Å²) in [6.07, 6.45) is 2.90. The molecule has 0 radical (unpaired) electrons. The third-order valence-corrected chi connectivity index (χ3v) is 2.98. The third kappa shape index (κ3) is 4.51. The van der Waals surface area contributed by atoms with Gasteiger partial charge in [0.15, 0.2) is 0 Å². The lowest BCUT2D eigenvalue weighted by molar-refractivity contribution is 0.0948. The maximum Gasteiger partial charge on any atom is 0.254 e. The number of hydrogen-bond donors (Lipinski definition) is 2. The summed E-state index contributed by atoms with van der Waals surface area (Å²) >= 11 is 0. The Labute approximate surface area is 129 Å². The Morgan fingerprint density at radius 3 is 2.55 bits per heavy atom. The van der Waals surface area contributed by atoms with Crippen molar-refractivity contribution < 1.29 is 9.18 Å². The van der Waals surface area contributed by atoms with Gasteiger partial charge in [0.1, 0.15) is 5.82 Å². The average molecular weight is 302 g/mol. The number of amides is 1. The molecule has 1 heterocycles. The molecule has 2 aromatic rings. The van der Waals surface area contributed by atoms with E-state index in [2.05, 4.69) is 20.6 Å². The molecule has 116 valence electrons. The first-order chi connectivity index (χ1) is 10.6. The predicted molar refractivity (Wildman–Crippen MR) is 82.9 cm³/mol. The zero-order valence-electron chi connectivity index (χ0n) is 12.6. The van der Waals surface area contributed by atoms with E-state index in [9.17, 15) is 9.18 Å². The van der Waals surface area contributed by atoms with Gasteiger partial charge < -0.3 is 10.6 Å². The van der Waals surface area contributed by atoms with E-state index >= 15 is 0 Å². The van der Waals surface area contributed by atoms with Crippen molar-refractivity contribution in [2.24, 2.45) is 5.92 Å². The standard InChI is InChI=1S/C16H19FN4O/c1-11(2)7-18-15(22)13-9-20-16(21-10-13)19-8-12-5-3-4-6-14(12)17/h3-6,9-11H,7-8H2,1-2H3,(H,18,22)(H,19,20,21). The van der Waals surface area contributed by atoms with Crippen molar-refractivity contribution in [3.8, 4) is 0 Å². The van der Waals surface area contributed by atoms with E-state index in [1.807, 2.05) is 13.8 Å². The molecule has 5 nitrogen and oxygen atoms in total. The quantitative estimate of drug-likeness (QED) is 0.861. The largest absolute Gasteiger partial charge is 0.352 e. The molecule has 22 heavy (non-hydrogen) atoms. The molecule has 2 rings (SSSR count). The topological polar surface area (TPSA) is 66.9 Å². The molecule has 0 spiro atoms. The molecule has 0 bridgehead atoms. The monoisotopic (exact) mass is 302 g/mol. The molecule has 0 unspecified atom stereocenters. The lowest BCUT2D eigenvalue weighted by Crippen LogP contribution is -2.27. The van der Waals surface area contributed by atoms with E-state index < -0.39 is 0 Å². The number of nitrogens with zero attached hydrogens (tertiary/aromatic N) is 2. The van der Waals surface area contributed by atoms with Gasteiger partial charge in [-0.15, -0.1) is 0 Å². The molecular formula is C16H19FN4O. The minimum atomic E-state index is -0.278. The normalized spacial score (nSPS) is 10.5. The van der Waals surface area contributed by atoms with Crippen molar-refractivity contribution in [3.05, 3.63) is 53.6 Å². The highest BCUT2D eigenvalue weighted by atomic mass is 19.1. The van der Waals surface area contributed by atoms with Crippen LogP contribution in [0.15, 0.2) is 36.7 Å². The van der Waals surface area contributed by atoms with Crippen molar-refractivity contribution in [3.63, 3.8) is 0 Å². The van der Waals surface area contributed by atoms with Crippen LogP contribution >= 0.6 is 0 Å². The number of hydrogen-bond acceptors (Lipinski definition) is 4. The summed E-state index contributed by atoms with van der Waals surface area (Å²) in [6, 6.07) is 6.50. The summed E-state index contributed by atoms with van der Waals surface area (Å²) in [4.78, 5) is 20.0. The minimum Gasteiger partial charge on any atom is -0.352 e. The number of halogens is 1. The van der Waals surface area contributed by atoms with Gasteiger partial charge in [-0.2, -0.15) is 0 Å². The molecule has 1 amide bonds. The van der Waals surface area contributed by atoms with Crippen LogP contribution in [0.25, 0.3) is 0 Å². The lowest BCUT2D eigenvalue weighted by Gasteiger charge is -2.08. The summed E-state index contributed by atoms with van der Waals surface area (Å²) in [5, 5.41) is 5.72. The van der Waals surface area contributed by atoms with E-state index in [1.54, 1.807) is 18.2 Å². The van der Waals surface area contributed by atoms with Gasteiger partial charge in [0, 0.05) is 31.0 Å². The summed E-state index contributed by atoms with van der Waals surface area (Å²) in [6.45, 7) is 4.93. The molecule has 2 N–H and O–H groups in total. The van der Waals surface area contributed by atoms with Crippen LogP contribution in [-0.2, 0) is 6.54 Å². The number of anilines is 1. The lowest BCUT2D eigenvalue weighted by atomic mass is 10.2. The number of carbonyl (C=O) groups excluding carboxylic acids is 1. The molecule has 0 aliphatic carbocycles. The van der Waals surface area contributed by atoms with Gasteiger partial charge in [-0.05, 0) is 12.0 Å². The van der Waals surface area contributed by atoms with E-state index in [1.165, 1.54) is 18.5 Å². The fraction of sp³-hybridized carbons (Fsp3) is 0.312. The number of carbonyl (C=O) groups is 1. The Kier molecular flexibility index (Phi) is 5.41. The van der Waals surface area contributed by atoms with Gasteiger partial charge in [0.2, 0.25) is 5.95 Å². The zero-order valence-corrected chi connectivity index (χ0v) is 12.6. The zero-order chi connectivity index (χ0) is 15.9. The van der Waals surface area contributed by atoms with Gasteiger partial charge in [-0.1, -0.05) is 32.0 Å². The SMILES string of the molecule is CC(C)CNC(=O)c1cnc(NCc2ccccc2F)nc1. The average Bonchev–Trinajstić information content (AvgIpc) is 2.52. The molecular weight excluding hydrogens is 283 g/mol. The van der Waals surface area contributed by atoms with Crippen LogP contribution in [0.1, 0.15) is 29.8 Å². The Morgan fingerprint density at radius 1 is 1.23 bits per heavy atom. The predicted octanol–water partition coefficient (Wildman–Crippen LogP) is 2.61. The van der Waals surface area contributed by atoms with E-state index in [-0.39, 0.29) is 18.3 Å². The summed E-state index contributed by atoms with van der Waals surface area (Å²) in [5.74, 6) is 0.254. The molecule has 0 aliphatic heterocycles. The van der Waals surface area contributed by atoms with Crippen LogP contribution in [0, 0.1) is 11.7 Å². The summed E-state index contributed by atoms with van der Waals surface area (Å²) < 4.78 is 13.5. The summed E-state index contributed by atoms with van der Waals surface area (Å²) in [5.41, 5.74) is 0.932. The van der Waals surface area contributed by atoms with E-state index in [0.29, 0.717) is 29.5 Å². The van der Waals surface area contributed by atoms with Gasteiger partial charge in [-0.25, -0.2) is 14.4 Å². The second-order valence-electron chi connectivity index (χ2n) is 5.34. The fourth-order valence-electron chi connectivity index (χ4n) is 1.75. The second-order valence-corrected chi connectivity index (χ2v) is 5.34. The minimum absolute atomic E-state index is 0.200. The van der Waals surface area contributed by atoms with Crippen LogP contribution in [0.2, 0.25) is 0 Å². The molecule has 1 aromatic heterocycles. The third-order valence-electron chi connectivity index (χ3n) is 2.98. The highest BCUT2D eigenvalue weighted by Crippen LogP contribution is 2.08. The molecule has 0 atom stereocenters. The van der Waals surface area contributed by atoms with Gasteiger partial charge in [0.25, 0.3) is 5.91 Å². The maximum absolute atomic E-state index is 13.5. The Balaban J connectivity index is 1.92. The highest BCUT2D eigenvalue weighted by molar-refractivity contribution is 5.93.